The highest BCUT2D eigenvalue weighted by molar-refractivity contribution is 5.81. The van der Waals surface area contributed by atoms with Crippen LogP contribution in [0.1, 0.15) is 45.1 Å². The molecular formula is C18H25N3O3. The standard InChI is InChI=1S/C18H25N3O3/c1-18(2,3)24-17(22)21-7-5-12(6-8-21)15-11-20-16-14(15)9-13(23-4)10-19-16/h9-12H,5-8H2,1-4H3,(H,19,20). The van der Waals surface area contributed by atoms with Gasteiger partial charge in [-0.25, -0.2) is 9.78 Å². The summed E-state index contributed by atoms with van der Waals surface area (Å²) in [5.74, 6) is 1.17. The predicted octanol–water partition coefficient (Wildman–Crippen LogP) is 3.69. The van der Waals surface area contributed by atoms with Gasteiger partial charge >= 0.3 is 6.09 Å². The maximum absolute atomic E-state index is 12.2. The van der Waals surface area contributed by atoms with Crippen LogP contribution >= 0.6 is 0 Å². The Kier molecular flexibility index (Phi) is 4.39. The number of methoxy groups -OCH3 is 1. The first kappa shape index (κ1) is 16.6. The molecule has 0 spiro atoms. The lowest BCUT2D eigenvalue weighted by Gasteiger charge is -2.33. The van der Waals surface area contributed by atoms with Crippen molar-refractivity contribution in [3.8, 4) is 5.75 Å². The third-order valence-electron chi connectivity index (χ3n) is 4.36. The van der Waals surface area contributed by atoms with Crippen molar-refractivity contribution in [3.05, 3.63) is 24.0 Å². The Labute approximate surface area is 142 Å². The number of pyridine rings is 1. The monoisotopic (exact) mass is 331 g/mol. The quantitative estimate of drug-likeness (QED) is 0.911. The zero-order chi connectivity index (χ0) is 17.3. The van der Waals surface area contributed by atoms with Gasteiger partial charge in [0.25, 0.3) is 0 Å². The number of nitrogens with zero attached hydrogens (tertiary/aromatic N) is 2. The lowest BCUT2D eigenvalue weighted by Crippen LogP contribution is -2.41. The van der Waals surface area contributed by atoms with E-state index >= 15 is 0 Å². The summed E-state index contributed by atoms with van der Waals surface area (Å²) < 4.78 is 10.7. The number of ether oxygens (including phenoxy) is 2. The number of fused-ring (bicyclic) bond motifs is 1. The van der Waals surface area contributed by atoms with Crippen molar-refractivity contribution in [2.45, 2.75) is 45.1 Å². The molecule has 3 heterocycles. The zero-order valence-corrected chi connectivity index (χ0v) is 14.8. The van der Waals surface area contributed by atoms with Crippen molar-refractivity contribution in [3.63, 3.8) is 0 Å². The second-order valence-corrected chi connectivity index (χ2v) is 7.26. The van der Waals surface area contributed by atoms with Gasteiger partial charge < -0.3 is 19.4 Å². The lowest BCUT2D eigenvalue weighted by atomic mass is 9.89. The number of aromatic amines is 1. The first-order valence-corrected chi connectivity index (χ1v) is 8.36. The van der Waals surface area contributed by atoms with Crippen LogP contribution in [0.5, 0.6) is 5.75 Å². The average Bonchev–Trinajstić information content (AvgIpc) is 2.96. The minimum atomic E-state index is -0.451. The highest BCUT2D eigenvalue weighted by atomic mass is 16.6. The molecule has 0 aliphatic carbocycles. The number of amides is 1. The predicted molar refractivity (Wildman–Crippen MR) is 92.4 cm³/mol. The van der Waals surface area contributed by atoms with E-state index in [9.17, 15) is 4.79 Å². The van der Waals surface area contributed by atoms with Crippen LogP contribution in [0.25, 0.3) is 11.0 Å². The van der Waals surface area contributed by atoms with E-state index in [4.69, 9.17) is 9.47 Å². The number of carbonyl (C=O) groups excluding carboxylic acids is 1. The summed E-state index contributed by atoms with van der Waals surface area (Å²) in [4.78, 5) is 21.6. The molecule has 24 heavy (non-hydrogen) atoms. The third-order valence-corrected chi connectivity index (χ3v) is 4.36. The van der Waals surface area contributed by atoms with Gasteiger partial charge in [-0.1, -0.05) is 0 Å². The molecule has 2 aromatic heterocycles. The summed E-state index contributed by atoms with van der Waals surface area (Å²) in [6.45, 7) is 7.10. The fourth-order valence-electron chi connectivity index (χ4n) is 3.15. The minimum Gasteiger partial charge on any atom is -0.495 e. The van der Waals surface area contributed by atoms with Gasteiger partial charge in [-0.15, -0.1) is 0 Å². The molecule has 1 amide bonds. The van der Waals surface area contributed by atoms with Crippen molar-refractivity contribution in [1.29, 1.82) is 0 Å². The van der Waals surface area contributed by atoms with Gasteiger partial charge in [-0.05, 0) is 51.2 Å². The normalized spacial score (nSPS) is 16.4. The van der Waals surface area contributed by atoms with Gasteiger partial charge in [-0.2, -0.15) is 0 Å². The number of nitrogens with one attached hydrogen (secondary N) is 1. The smallest absolute Gasteiger partial charge is 0.410 e. The van der Waals surface area contributed by atoms with E-state index in [-0.39, 0.29) is 6.09 Å². The largest absolute Gasteiger partial charge is 0.495 e. The molecule has 0 atom stereocenters. The molecule has 6 heteroatoms. The molecule has 3 rings (SSSR count). The third kappa shape index (κ3) is 3.47. The van der Waals surface area contributed by atoms with Crippen LogP contribution in [0.15, 0.2) is 18.5 Å². The van der Waals surface area contributed by atoms with E-state index in [0.717, 1.165) is 29.6 Å². The summed E-state index contributed by atoms with van der Waals surface area (Å²) in [6, 6.07) is 2.02. The Morgan fingerprint density at radius 1 is 1.33 bits per heavy atom. The van der Waals surface area contributed by atoms with Gasteiger partial charge in [0, 0.05) is 24.7 Å². The van der Waals surface area contributed by atoms with E-state index in [1.165, 1.54) is 5.56 Å². The number of piperidine rings is 1. The van der Waals surface area contributed by atoms with E-state index < -0.39 is 5.60 Å². The highest BCUT2D eigenvalue weighted by Gasteiger charge is 2.28. The van der Waals surface area contributed by atoms with Crippen LogP contribution in [0.2, 0.25) is 0 Å². The molecule has 130 valence electrons. The van der Waals surface area contributed by atoms with Gasteiger partial charge in [0.05, 0.1) is 13.3 Å². The number of aromatic nitrogens is 2. The Hall–Kier alpha value is -2.24. The van der Waals surface area contributed by atoms with Gasteiger partial charge in [0.2, 0.25) is 0 Å². The summed E-state index contributed by atoms with van der Waals surface area (Å²) >= 11 is 0. The average molecular weight is 331 g/mol. The molecule has 1 N–H and O–H groups in total. The second kappa shape index (κ2) is 6.34. The van der Waals surface area contributed by atoms with Crippen molar-refractivity contribution in [1.82, 2.24) is 14.9 Å². The van der Waals surface area contributed by atoms with Crippen molar-refractivity contribution in [2.24, 2.45) is 0 Å². The summed E-state index contributed by atoms with van der Waals surface area (Å²) in [6.07, 6.45) is 5.37. The molecular weight excluding hydrogens is 306 g/mol. The van der Waals surface area contributed by atoms with Gasteiger partial charge in [0.1, 0.15) is 17.0 Å². The Balaban J connectivity index is 1.70. The molecule has 0 radical (unpaired) electrons. The molecule has 6 nitrogen and oxygen atoms in total. The molecule has 1 saturated heterocycles. The number of hydrogen-bond acceptors (Lipinski definition) is 4. The van der Waals surface area contributed by atoms with Crippen molar-refractivity contribution in [2.75, 3.05) is 20.2 Å². The van der Waals surface area contributed by atoms with E-state index in [1.807, 2.05) is 33.0 Å². The van der Waals surface area contributed by atoms with Crippen LogP contribution < -0.4 is 4.74 Å². The SMILES string of the molecule is COc1cnc2[nH]cc(C3CCN(C(=O)OC(C)(C)C)CC3)c2c1. The number of hydrogen-bond donors (Lipinski definition) is 1. The Morgan fingerprint density at radius 3 is 2.67 bits per heavy atom. The first-order valence-electron chi connectivity index (χ1n) is 8.36. The number of H-pyrrole nitrogens is 1. The van der Waals surface area contributed by atoms with Crippen molar-refractivity contribution >= 4 is 17.1 Å². The van der Waals surface area contributed by atoms with E-state index in [1.54, 1.807) is 18.2 Å². The summed E-state index contributed by atoms with van der Waals surface area (Å²) in [5, 5.41) is 1.10. The highest BCUT2D eigenvalue weighted by Crippen LogP contribution is 2.34. The van der Waals surface area contributed by atoms with Crippen LogP contribution in [0, 0.1) is 0 Å². The molecule has 0 unspecified atom stereocenters. The fraction of sp³-hybridized carbons (Fsp3) is 0.556. The number of likely N-dealkylation sites (tertiary alicyclic amines) is 1. The Bertz CT molecular complexity index is 725. The van der Waals surface area contributed by atoms with Crippen molar-refractivity contribution < 1.29 is 14.3 Å². The Morgan fingerprint density at radius 2 is 2.04 bits per heavy atom. The van der Waals surface area contributed by atoms with Crippen LogP contribution in [0.3, 0.4) is 0 Å². The van der Waals surface area contributed by atoms with E-state index in [0.29, 0.717) is 19.0 Å². The molecule has 0 aromatic carbocycles. The lowest BCUT2D eigenvalue weighted by molar-refractivity contribution is 0.0205. The van der Waals surface area contributed by atoms with Gasteiger partial charge in [-0.3, -0.25) is 0 Å². The molecule has 2 aromatic rings. The maximum atomic E-state index is 12.2. The topological polar surface area (TPSA) is 67.5 Å². The number of carbonyl (C=O) groups is 1. The van der Waals surface area contributed by atoms with Crippen LogP contribution in [0.4, 0.5) is 4.79 Å². The first-order chi connectivity index (χ1) is 11.4. The zero-order valence-electron chi connectivity index (χ0n) is 14.8. The molecule has 1 fully saturated rings. The van der Waals surface area contributed by atoms with Crippen LogP contribution in [-0.4, -0.2) is 46.8 Å². The molecule has 1 aliphatic heterocycles. The summed E-state index contributed by atoms with van der Waals surface area (Å²) in [5.41, 5.74) is 1.67. The maximum Gasteiger partial charge on any atom is 0.410 e. The second-order valence-electron chi connectivity index (χ2n) is 7.26. The van der Waals surface area contributed by atoms with Crippen LogP contribution in [-0.2, 0) is 4.74 Å². The molecule has 0 saturated carbocycles. The van der Waals surface area contributed by atoms with Gasteiger partial charge in [0.15, 0.2) is 0 Å². The fourth-order valence-corrected chi connectivity index (χ4v) is 3.15. The molecule has 1 aliphatic rings. The van der Waals surface area contributed by atoms with E-state index in [2.05, 4.69) is 9.97 Å². The number of rotatable bonds is 2. The summed E-state index contributed by atoms with van der Waals surface area (Å²) in [7, 11) is 1.65. The minimum absolute atomic E-state index is 0.219. The molecule has 0 bridgehead atoms.